The SMILES string of the molecule is CSCCCCNc1ccc(C(=O)O)c(C(F)(F)F)c1. The first-order chi connectivity index (χ1) is 9.36. The standard InChI is InChI=1S/C13H16F3NO2S/c1-20-7-3-2-6-17-9-4-5-10(12(18)19)11(8-9)13(14,15)16/h4-5,8,17H,2-3,6-7H2,1H3,(H,18,19). The number of unbranched alkanes of at least 4 members (excludes halogenated alkanes) is 1. The van der Waals surface area contributed by atoms with Crippen LogP contribution < -0.4 is 5.32 Å². The Balaban J connectivity index is 2.77. The van der Waals surface area contributed by atoms with Crippen molar-refractivity contribution in [2.45, 2.75) is 19.0 Å². The minimum atomic E-state index is -4.68. The summed E-state index contributed by atoms with van der Waals surface area (Å²) in [6.07, 6.45) is -0.853. The second-order valence-electron chi connectivity index (χ2n) is 4.19. The van der Waals surface area contributed by atoms with Crippen LogP contribution in [0.15, 0.2) is 18.2 Å². The smallest absolute Gasteiger partial charge is 0.417 e. The number of anilines is 1. The molecular weight excluding hydrogens is 291 g/mol. The van der Waals surface area contributed by atoms with Gasteiger partial charge < -0.3 is 10.4 Å². The summed E-state index contributed by atoms with van der Waals surface area (Å²) in [6, 6.07) is 3.18. The van der Waals surface area contributed by atoms with Gasteiger partial charge in [0, 0.05) is 12.2 Å². The molecule has 0 radical (unpaired) electrons. The van der Waals surface area contributed by atoms with Gasteiger partial charge in [0.25, 0.3) is 0 Å². The van der Waals surface area contributed by atoms with Gasteiger partial charge >= 0.3 is 12.1 Å². The van der Waals surface area contributed by atoms with E-state index in [9.17, 15) is 18.0 Å². The molecule has 1 aromatic rings. The fourth-order valence-electron chi connectivity index (χ4n) is 1.68. The molecule has 0 bridgehead atoms. The van der Waals surface area contributed by atoms with Crippen molar-refractivity contribution in [2.75, 3.05) is 23.9 Å². The van der Waals surface area contributed by atoms with Crippen LogP contribution in [0.2, 0.25) is 0 Å². The molecule has 20 heavy (non-hydrogen) atoms. The first-order valence-corrected chi connectivity index (χ1v) is 7.43. The van der Waals surface area contributed by atoms with Crippen molar-refractivity contribution < 1.29 is 23.1 Å². The summed E-state index contributed by atoms with van der Waals surface area (Å²) in [7, 11) is 0. The number of thioether (sulfide) groups is 1. The first-order valence-electron chi connectivity index (χ1n) is 6.03. The summed E-state index contributed by atoms with van der Waals surface area (Å²) in [4.78, 5) is 10.8. The lowest BCUT2D eigenvalue weighted by atomic mass is 10.1. The molecule has 2 N–H and O–H groups in total. The molecule has 0 heterocycles. The number of carbonyl (C=O) groups is 1. The van der Waals surface area contributed by atoms with Crippen molar-refractivity contribution in [1.29, 1.82) is 0 Å². The van der Waals surface area contributed by atoms with E-state index in [1.165, 1.54) is 6.07 Å². The number of aromatic carboxylic acids is 1. The van der Waals surface area contributed by atoms with E-state index in [0.717, 1.165) is 30.7 Å². The third-order valence-corrected chi connectivity index (χ3v) is 3.36. The largest absolute Gasteiger partial charge is 0.478 e. The average Bonchev–Trinajstić information content (AvgIpc) is 2.37. The third-order valence-electron chi connectivity index (χ3n) is 2.66. The fourth-order valence-corrected chi connectivity index (χ4v) is 2.17. The highest BCUT2D eigenvalue weighted by Crippen LogP contribution is 2.33. The maximum absolute atomic E-state index is 12.8. The first kappa shape index (κ1) is 16.7. The van der Waals surface area contributed by atoms with Crippen LogP contribution in [0.5, 0.6) is 0 Å². The minimum absolute atomic E-state index is 0.284. The number of rotatable bonds is 7. The molecule has 0 saturated carbocycles. The second kappa shape index (κ2) is 7.42. The zero-order valence-electron chi connectivity index (χ0n) is 11.0. The molecule has 112 valence electrons. The van der Waals surface area contributed by atoms with Crippen LogP contribution in [-0.2, 0) is 6.18 Å². The molecule has 7 heteroatoms. The van der Waals surface area contributed by atoms with Gasteiger partial charge in [-0.05, 0) is 43.0 Å². The summed E-state index contributed by atoms with van der Waals surface area (Å²) in [5.41, 5.74) is -1.57. The molecule has 1 rings (SSSR count). The number of hydrogen-bond acceptors (Lipinski definition) is 3. The van der Waals surface area contributed by atoms with Crippen LogP contribution >= 0.6 is 11.8 Å². The predicted octanol–water partition coefficient (Wildman–Crippen LogP) is 3.96. The number of alkyl halides is 3. The Morgan fingerprint density at radius 2 is 2.05 bits per heavy atom. The molecule has 0 amide bonds. The van der Waals surface area contributed by atoms with E-state index in [2.05, 4.69) is 5.32 Å². The van der Waals surface area contributed by atoms with Crippen LogP contribution in [0, 0.1) is 0 Å². The normalized spacial score (nSPS) is 11.4. The quantitative estimate of drug-likeness (QED) is 0.749. The van der Waals surface area contributed by atoms with Crippen molar-refractivity contribution in [1.82, 2.24) is 0 Å². The molecule has 0 unspecified atom stereocenters. The van der Waals surface area contributed by atoms with Crippen molar-refractivity contribution in [3.63, 3.8) is 0 Å². The Hall–Kier alpha value is -1.37. The van der Waals surface area contributed by atoms with Gasteiger partial charge in [-0.3, -0.25) is 0 Å². The van der Waals surface area contributed by atoms with Crippen LogP contribution in [0.25, 0.3) is 0 Å². The number of hydrogen-bond donors (Lipinski definition) is 2. The van der Waals surface area contributed by atoms with E-state index in [0.29, 0.717) is 6.54 Å². The third kappa shape index (κ3) is 4.96. The Bertz CT molecular complexity index is 463. The van der Waals surface area contributed by atoms with Crippen LogP contribution in [0.1, 0.15) is 28.8 Å². The van der Waals surface area contributed by atoms with E-state index in [-0.39, 0.29) is 5.69 Å². The topological polar surface area (TPSA) is 49.3 Å². The summed E-state index contributed by atoms with van der Waals surface area (Å²) in [6.45, 7) is 0.560. The Morgan fingerprint density at radius 3 is 2.60 bits per heavy atom. The van der Waals surface area contributed by atoms with Crippen LogP contribution in [0.3, 0.4) is 0 Å². The van der Waals surface area contributed by atoms with Gasteiger partial charge in [-0.15, -0.1) is 0 Å². The molecule has 0 fully saturated rings. The zero-order chi connectivity index (χ0) is 15.2. The van der Waals surface area contributed by atoms with Gasteiger partial charge in [0.2, 0.25) is 0 Å². The van der Waals surface area contributed by atoms with Crippen molar-refractivity contribution in [3.05, 3.63) is 29.3 Å². The number of benzene rings is 1. The van der Waals surface area contributed by atoms with Gasteiger partial charge in [-0.25, -0.2) is 4.79 Å². The van der Waals surface area contributed by atoms with E-state index >= 15 is 0 Å². The van der Waals surface area contributed by atoms with Gasteiger partial charge in [0.05, 0.1) is 11.1 Å². The predicted molar refractivity (Wildman–Crippen MR) is 74.5 cm³/mol. The highest BCUT2D eigenvalue weighted by Gasteiger charge is 2.35. The van der Waals surface area contributed by atoms with E-state index in [1.807, 2.05) is 6.26 Å². The Labute approximate surface area is 119 Å². The molecule has 0 aliphatic carbocycles. The minimum Gasteiger partial charge on any atom is -0.478 e. The number of carboxylic acid groups (broad SMARTS) is 1. The van der Waals surface area contributed by atoms with Crippen molar-refractivity contribution in [2.24, 2.45) is 0 Å². The second-order valence-corrected chi connectivity index (χ2v) is 5.18. The number of halogens is 3. The van der Waals surface area contributed by atoms with E-state index in [4.69, 9.17) is 5.11 Å². The molecular formula is C13H16F3NO2S. The molecule has 0 spiro atoms. The summed E-state index contributed by atoms with van der Waals surface area (Å²) < 4.78 is 38.4. The van der Waals surface area contributed by atoms with Gasteiger partial charge in [-0.1, -0.05) is 0 Å². The molecule has 3 nitrogen and oxygen atoms in total. The molecule has 0 aromatic heterocycles. The molecule has 0 atom stereocenters. The van der Waals surface area contributed by atoms with Crippen molar-refractivity contribution in [3.8, 4) is 0 Å². The number of carboxylic acids is 1. The zero-order valence-corrected chi connectivity index (χ0v) is 11.8. The summed E-state index contributed by atoms with van der Waals surface area (Å²) in [5, 5.41) is 11.7. The monoisotopic (exact) mass is 307 g/mol. The van der Waals surface area contributed by atoms with E-state index < -0.39 is 23.3 Å². The fraction of sp³-hybridized carbons (Fsp3) is 0.462. The summed E-state index contributed by atoms with van der Waals surface area (Å²) in [5.74, 6) is -0.572. The highest BCUT2D eigenvalue weighted by molar-refractivity contribution is 7.98. The Morgan fingerprint density at radius 1 is 1.35 bits per heavy atom. The molecule has 1 aromatic carbocycles. The van der Waals surface area contributed by atoms with Gasteiger partial charge in [-0.2, -0.15) is 24.9 Å². The summed E-state index contributed by atoms with van der Waals surface area (Å²) >= 11 is 1.72. The lowest BCUT2D eigenvalue weighted by Crippen LogP contribution is -2.14. The van der Waals surface area contributed by atoms with Crippen LogP contribution in [-0.4, -0.2) is 29.6 Å². The maximum atomic E-state index is 12.8. The molecule has 0 aliphatic heterocycles. The average molecular weight is 307 g/mol. The lowest BCUT2D eigenvalue weighted by Gasteiger charge is -2.13. The van der Waals surface area contributed by atoms with E-state index in [1.54, 1.807) is 11.8 Å². The highest BCUT2D eigenvalue weighted by atomic mass is 32.2. The molecule has 0 aliphatic rings. The molecule has 0 saturated heterocycles. The van der Waals surface area contributed by atoms with Crippen LogP contribution in [0.4, 0.5) is 18.9 Å². The van der Waals surface area contributed by atoms with Gasteiger partial charge in [0.15, 0.2) is 0 Å². The number of nitrogens with one attached hydrogen (secondary N) is 1. The van der Waals surface area contributed by atoms with Gasteiger partial charge in [0.1, 0.15) is 0 Å². The Kier molecular flexibility index (Phi) is 6.19. The maximum Gasteiger partial charge on any atom is 0.417 e. The lowest BCUT2D eigenvalue weighted by molar-refractivity contribution is -0.138. The van der Waals surface area contributed by atoms with Crippen molar-refractivity contribution >= 4 is 23.4 Å².